The molecule has 17 heavy (non-hydrogen) atoms. The van der Waals surface area contributed by atoms with E-state index in [1.165, 1.54) is 48.4 Å². The lowest BCUT2D eigenvalue weighted by molar-refractivity contribution is 0.375. The summed E-state index contributed by atoms with van der Waals surface area (Å²) < 4.78 is 0. The van der Waals surface area contributed by atoms with Gasteiger partial charge in [-0.2, -0.15) is 0 Å². The number of nitrogens with one attached hydrogen (secondary N) is 1. The highest BCUT2D eigenvalue weighted by Crippen LogP contribution is 2.26. The molecule has 0 amide bonds. The maximum absolute atomic E-state index is 3.51. The molecular formula is C15H23NS. The van der Waals surface area contributed by atoms with E-state index < -0.39 is 0 Å². The molecule has 0 aromatic heterocycles. The highest BCUT2D eigenvalue weighted by Gasteiger charge is 2.15. The monoisotopic (exact) mass is 249 g/mol. The lowest BCUT2D eigenvalue weighted by atomic mass is 9.89. The quantitative estimate of drug-likeness (QED) is 0.822. The van der Waals surface area contributed by atoms with Gasteiger partial charge in [0.05, 0.1) is 0 Å². The zero-order chi connectivity index (χ0) is 12.3. The summed E-state index contributed by atoms with van der Waals surface area (Å²) in [4.78, 5) is 1.41. The Morgan fingerprint density at radius 1 is 1.35 bits per heavy atom. The molecule has 0 radical (unpaired) electrons. The molecule has 94 valence electrons. The lowest BCUT2D eigenvalue weighted by Gasteiger charge is -2.24. The van der Waals surface area contributed by atoms with Gasteiger partial charge in [-0.3, -0.25) is 0 Å². The second kappa shape index (κ2) is 5.92. The topological polar surface area (TPSA) is 12.0 Å². The van der Waals surface area contributed by atoms with Crippen LogP contribution in [0.2, 0.25) is 0 Å². The van der Waals surface area contributed by atoms with Gasteiger partial charge in [0.25, 0.3) is 0 Å². The molecule has 1 aliphatic heterocycles. The van der Waals surface area contributed by atoms with Crippen molar-refractivity contribution in [2.75, 3.05) is 19.3 Å². The maximum atomic E-state index is 3.51. The Labute approximate surface area is 109 Å². The summed E-state index contributed by atoms with van der Waals surface area (Å²) >= 11 is 1.85. The largest absolute Gasteiger partial charge is 0.316 e. The van der Waals surface area contributed by atoms with Crippen LogP contribution in [0.1, 0.15) is 29.5 Å². The molecule has 1 fully saturated rings. The van der Waals surface area contributed by atoms with Crippen molar-refractivity contribution in [3.05, 3.63) is 28.8 Å². The molecule has 0 bridgehead atoms. The number of hydrogen-bond donors (Lipinski definition) is 1. The van der Waals surface area contributed by atoms with Gasteiger partial charge >= 0.3 is 0 Å². The molecule has 1 saturated heterocycles. The predicted octanol–water partition coefficient (Wildman–Crippen LogP) is 3.57. The van der Waals surface area contributed by atoms with Crippen LogP contribution in [-0.2, 0) is 6.42 Å². The number of hydrogen-bond acceptors (Lipinski definition) is 2. The van der Waals surface area contributed by atoms with E-state index in [0.29, 0.717) is 0 Å². The summed E-state index contributed by atoms with van der Waals surface area (Å²) in [5.74, 6) is 0.832. The van der Waals surface area contributed by atoms with Gasteiger partial charge in [-0.05, 0) is 87.2 Å². The van der Waals surface area contributed by atoms with Crippen LogP contribution in [0.5, 0.6) is 0 Å². The average molecular weight is 249 g/mol. The van der Waals surface area contributed by atoms with Gasteiger partial charge < -0.3 is 5.32 Å². The van der Waals surface area contributed by atoms with E-state index in [1.54, 1.807) is 5.56 Å². The fourth-order valence-corrected chi connectivity index (χ4v) is 3.19. The molecule has 2 heteroatoms. The number of piperidine rings is 1. The van der Waals surface area contributed by atoms with E-state index in [0.717, 1.165) is 5.92 Å². The van der Waals surface area contributed by atoms with Crippen LogP contribution in [0.25, 0.3) is 0 Å². The minimum Gasteiger partial charge on any atom is -0.316 e. The molecule has 1 heterocycles. The van der Waals surface area contributed by atoms with E-state index >= 15 is 0 Å². The average Bonchev–Trinajstić information content (AvgIpc) is 2.36. The summed E-state index contributed by atoms with van der Waals surface area (Å²) in [5, 5.41) is 3.51. The predicted molar refractivity (Wildman–Crippen MR) is 77.0 cm³/mol. The molecule has 1 nitrogen and oxygen atoms in total. The minimum absolute atomic E-state index is 0.832. The maximum Gasteiger partial charge on any atom is 0.00746 e. The second-order valence-corrected chi connectivity index (χ2v) is 6.02. The third kappa shape index (κ3) is 3.26. The molecule has 2 rings (SSSR count). The first-order chi connectivity index (χ1) is 8.20. The Hall–Kier alpha value is -0.470. The zero-order valence-electron chi connectivity index (χ0n) is 11.2. The van der Waals surface area contributed by atoms with E-state index in [9.17, 15) is 0 Å². The van der Waals surface area contributed by atoms with Crippen molar-refractivity contribution in [2.45, 2.75) is 38.0 Å². The van der Waals surface area contributed by atoms with Crippen molar-refractivity contribution < 1.29 is 0 Å². The van der Waals surface area contributed by atoms with Gasteiger partial charge in [0.1, 0.15) is 0 Å². The Balaban J connectivity index is 2.15. The summed E-state index contributed by atoms with van der Waals surface area (Å²) in [6.07, 6.45) is 6.13. The molecule has 1 aromatic rings. The van der Waals surface area contributed by atoms with Gasteiger partial charge in [-0.25, -0.2) is 0 Å². The van der Waals surface area contributed by atoms with Crippen molar-refractivity contribution in [2.24, 2.45) is 5.92 Å². The second-order valence-electron chi connectivity index (χ2n) is 5.14. The van der Waals surface area contributed by atoms with Crippen LogP contribution in [-0.4, -0.2) is 19.3 Å². The zero-order valence-corrected chi connectivity index (χ0v) is 12.0. The fraction of sp³-hybridized carbons (Fsp3) is 0.600. The van der Waals surface area contributed by atoms with Crippen LogP contribution in [0.3, 0.4) is 0 Å². The summed E-state index contributed by atoms with van der Waals surface area (Å²) in [7, 11) is 0. The normalized spacial score (nSPS) is 20.5. The standard InChI is InChI=1S/C15H23NS/c1-11-7-15(17-3)9-14(12(11)2)8-13-5-4-6-16-10-13/h7,9,13,16H,4-6,8,10H2,1-3H3. The van der Waals surface area contributed by atoms with Crippen molar-refractivity contribution >= 4 is 11.8 Å². The summed E-state index contributed by atoms with van der Waals surface area (Å²) in [6, 6.07) is 4.70. The van der Waals surface area contributed by atoms with E-state index in [-0.39, 0.29) is 0 Å². The SMILES string of the molecule is CSc1cc(C)c(C)c(CC2CCCNC2)c1. The molecular weight excluding hydrogens is 226 g/mol. The van der Waals surface area contributed by atoms with Gasteiger partial charge in [0, 0.05) is 4.90 Å². The molecule has 1 aliphatic rings. The first-order valence-electron chi connectivity index (χ1n) is 6.55. The Kier molecular flexibility index (Phi) is 4.52. The van der Waals surface area contributed by atoms with Gasteiger partial charge in [-0.1, -0.05) is 0 Å². The van der Waals surface area contributed by atoms with Crippen LogP contribution >= 0.6 is 11.8 Å². The van der Waals surface area contributed by atoms with E-state index in [4.69, 9.17) is 0 Å². The highest BCUT2D eigenvalue weighted by atomic mass is 32.2. The molecule has 1 unspecified atom stereocenters. The van der Waals surface area contributed by atoms with E-state index in [2.05, 4.69) is 37.6 Å². The first kappa shape index (κ1) is 13.0. The third-order valence-corrected chi connectivity index (χ3v) is 4.60. The van der Waals surface area contributed by atoms with E-state index in [1.807, 2.05) is 11.8 Å². The molecule has 1 N–H and O–H groups in total. The molecule has 0 spiro atoms. The highest BCUT2D eigenvalue weighted by molar-refractivity contribution is 7.98. The number of thioether (sulfide) groups is 1. The van der Waals surface area contributed by atoms with Crippen LogP contribution in [0.15, 0.2) is 17.0 Å². The third-order valence-electron chi connectivity index (χ3n) is 3.89. The van der Waals surface area contributed by atoms with Crippen molar-refractivity contribution in [3.8, 4) is 0 Å². The lowest BCUT2D eigenvalue weighted by Crippen LogP contribution is -2.31. The first-order valence-corrected chi connectivity index (χ1v) is 7.78. The summed E-state index contributed by atoms with van der Waals surface area (Å²) in [5.41, 5.74) is 4.49. The van der Waals surface area contributed by atoms with Gasteiger partial charge in [0.2, 0.25) is 0 Å². The number of benzene rings is 1. The Morgan fingerprint density at radius 2 is 2.18 bits per heavy atom. The summed E-state index contributed by atoms with van der Waals surface area (Å²) in [6.45, 7) is 6.91. The molecule has 0 saturated carbocycles. The number of aryl methyl sites for hydroxylation is 1. The Morgan fingerprint density at radius 3 is 2.82 bits per heavy atom. The molecule has 1 atom stereocenters. The molecule has 0 aliphatic carbocycles. The van der Waals surface area contributed by atoms with Crippen LogP contribution < -0.4 is 5.32 Å². The Bertz CT molecular complexity index is 381. The molecule has 1 aromatic carbocycles. The smallest absolute Gasteiger partial charge is 0.00746 e. The van der Waals surface area contributed by atoms with Crippen LogP contribution in [0.4, 0.5) is 0 Å². The van der Waals surface area contributed by atoms with Crippen molar-refractivity contribution in [1.29, 1.82) is 0 Å². The van der Waals surface area contributed by atoms with Crippen LogP contribution in [0, 0.1) is 19.8 Å². The fourth-order valence-electron chi connectivity index (χ4n) is 2.64. The number of rotatable bonds is 3. The van der Waals surface area contributed by atoms with Gasteiger partial charge in [0.15, 0.2) is 0 Å². The van der Waals surface area contributed by atoms with Crippen molar-refractivity contribution in [3.63, 3.8) is 0 Å². The van der Waals surface area contributed by atoms with Crippen molar-refractivity contribution in [1.82, 2.24) is 5.32 Å². The van der Waals surface area contributed by atoms with Gasteiger partial charge in [-0.15, -0.1) is 11.8 Å². The minimum atomic E-state index is 0.832.